The third-order valence-electron chi connectivity index (χ3n) is 3.46. The van der Waals surface area contributed by atoms with Crippen molar-refractivity contribution in [3.8, 4) is 17.1 Å². The van der Waals surface area contributed by atoms with Crippen LogP contribution in [0.4, 0.5) is 0 Å². The normalized spacial score (nSPS) is 16.1. The minimum atomic E-state index is -0.250. The number of likely N-dealkylation sites (N-methyl/N-ethyl adjacent to an activating group) is 1. The number of carbonyl (C=O) groups excluding carboxylic acids is 1. The summed E-state index contributed by atoms with van der Waals surface area (Å²) in [5.41, 5.74) is 0.917. The number of methoxy groups -OCH3 is 1. The molecule has 1 aliphatic heterocycles. The lowest BCUT2D eigenvalue weighted by molar-refractivity contribution is -0.122. The second-order valence-electron chi connectivity index (χ2n) is 4.86. The van der Waals surface area contributed by atoms with Crippen molar-refractivity contribution in [2.24, 2.45) is 0 Å². The van der Waals surface area contributed by atoms with Crippen molar-refractivity contribution in [3.05, 3.63) is 47.9 Å². The number of furan rings is 1. The average molecular weight is 329 g/mol. The average Bonchev–Trinajstić information content (AvgIpc) is 3.13. The zero-order chi connectivity index (χ0) is 16.4. The summed E-state index contributed by atoms with van der Waals surface area (Å²) in [4.78, 5) is 13.5. The molecule has 0 saturated carbocycles. The lowest BCUT2D eigenvalue weighted by Crippen LogP contribution is -2.27. The molecule has 1 saturated heterocycles. The van der Waals surface area contributed by atoms with Crippen molar-refractivity contribution in [1.82, 2.24) is 4.90 Å². The Morgan fingerprint density at radius 3 is 2.57 bits per heavy atom. The van der Waals surface area contributed by atoms with Crippen molar-refractivity contribution in [2.45, 2.75) is 6.92 Å². The van der Waals surface area contributed by atoms with Gasteiger partial charge in [0, 0.05) is 18.2 Å². The van der Waals surface area contributed by atoms with Gasteiger partial charge in [0.05, 0.1) is 7.11 Å². The lowest BCUT2D eigenvalue weighted by atomic mass is 10.2. The fraction of sp³-hybridized carbons (Fsp3) is 0.176. The van der Waals surface area contributed by atoms with Crippen molar-refractivity contribution in [1.29, 1.82) is 0 Å². The van der Waals surface area contributed by atoms with E-state index in [-0.39, 0.29) is 16.8 Å². The Bertz CT molecular complexity index is 776. The molecule has 1 fully saturated rings. The molecule has 0 aliphatic carbocycles. The Morgan fingerprint density at radius 1 is 1.22 bits per heavy atom. The molecule has 1 aromatic heterocycles. The van der Waals surface area contributed by atoms with Gasteiger partial charge in [-0.25, -0.2) is 0 Å². The SMILES string of the molecule is CCN1C(=O)C(=Cc2ccc(-c3ccc(OC)cc3)o2)OC1=S. The highest BCUT2D eigenvalue weighted by Gasteiger charge is 2.32. The molecule has 3 rings (SSSR count). The molecular weight excluding hydrogens is 314 g/mol. The number of thiocarbonyl (C=S) groups is 1. The lowest BCUT2D eigenvalue weighted by Gasteiger charge is -2.06. The van der Waals surface area contributed by atoms with Crippen molar-refractivity contribution in [3.63, 3.8) is 0 Å². The maximum Gasteiger partial charge on any atom is 0.297 e. The highest BCUT2D eigenvalue weighted by atomic mass is 32.1. The Hall–Kier alpha value is -2.60. The van der Waals surface area contributed by atoms with Gasteiger partial charge >= 0.3 is 0 Å². The molecule has 0 radical (unpaired) electrons. The van der Waals surface area contributed by atoms with Gasteiger partial charge in [0.1, 0.15) is 17.3 Å². The summed E-state index contributed by atoms with van der Waals surface area (Å²) in [7, 11) is 1.62. The first-order chi connectivity index (χ1) is 11.1. The predicted molar refractivity (Wildman–Crippen MR) is 89.7 cm³/mol. The van der Waals surface area contributed by atoms with E-state index in [1.54, 1.807) is 19.3 Å². The Balaban J connectivity index is 1.83. The van der Waals surface area contributed by atoms with E-state index in [1.807, 2.05) is 37.3 Å². The molecule has 5 nitrogen and oxygen atoms in total. The highest BCUT2D eigenvalue weighted by Crippen LogP contribution is 2.26. The third-order valence-corrected chi connectivity index (χ3v) is 3.77. The molecule has 6 heteroatoms. The number of amides is 1. The molecule has 0 atom stereocenters. The number of hydrogen-bond donors (Lipinski definition) is 0. The summed E-state index contributed by atoms with van der Waals surface area (Å²) in [6.45, 7) is 2.31. The summed E-state index contributed by atoms with van der Waals surface area (Å²) < 4.78 is 16.2. The van der Waals surface area contributed by atoms with E-state index in [0.29, 0.717) is 18.1 Å². The van der Waals surface area contributed by atoms with Crippen LogP contribution in [-0.4, -0.2) is 29.6 Å². The van der Waals surface area contributed by atoms with Crippen LogP contribution in [-0.2, 0) is 9.53 Å². The van der Waals surface area contributed by atoms with Gasteiger partial charge in [-0.1, -0.05) is 0 Å². The summed E-state index contributed by atoms with van der Waals surface area (Å²) in [6.07, 6.45) is 1.55. The van der Waals surface area contributed by atoms with Crippen LogP contribution in [0.15, 0.2) is 46.6 Å². The van der Waals surface area contributed by atoms with Crippen LogP contribution in [0.2, 0.25) is 0 Å². The number of nitrogens with zero attached hydrogens (tertiary/aromatic N) is 1. The second kappa shape index (κ2) is 6.26. The molecule has 0 N–H and O–H groups in total. The summed E-state index contributed by atoms with van der Waals surface area (Å²) in [5.74, 6) is 1.92. The van der Waals surface area contributed by atoms with Crippen LogP contribution in [0, 0.1) is 0 Å². The van der Waals surface area contributed by atoms with Crippen LogP contribution in [0.5, 0.6) is 5.75 Å². The van der Waals surface area contributed by atoms with Gasteiger partial charge in [-0.2, -0.15) is 0 Å². The van der Waals surface area contributed by atoms with E-state index in [4.69, 9.17) is 26.1 Å². The quantitative estimate of drug-likeness (QED) is 0.635. The molecule has 2 aromatic rings. The molecule has 118 valence electrons. The number of benzene rings is 1. The van der Waals surface area contributed by atoms with E-state index >= 15 is 0 Å². The molecule has 2 heterocycles. The molecule has 23 heavy (non-hydrogen) atoms. The maximum atomic E-state index is 12.1. The van der Waals surface area contributed by atoms with Crippen molar-refractivity contribution in [2.75, 3.05) is 13.7 Å². The first-order valence-corrected chi connectivity index (χ1v) is 7.53. The molecule has 0 spiro atoms. The van der Waals surface area contributed by atoms with Crippen molar-refractivity contribution >= 4 is 29.4 Å². The van der Waals surface area contributed by atoms with E-state index in [2.05, 4.69) is 0 Å². The summed E-state index contributed by atoms with van der Waals surface area (Å²) in [5, 5.41) is 0.172. The first-order valence-electron chi connectivity index (χ1n) is 7.12. The Morgan fingerprint density at radius 2 is 1.96 bits per heavy atom. The van der Waals surface area contributed by atoms with Crippen molar-refractivity contribution < 1.29 is 18.7 Å². The fourth-order valence-corrected chi connectivity index (χ4v) is 2.54. The van der Waals surface area contributed by atoms with E-state index in [9.17, 15) is 4.79 Å². The van der Waals surface area contributed by atoms with E-state index in [0.717, 1.165) is 11.3 Å². The molecule has 0 unspecified atom stereocenters. The standard InChI is InChI=1S/C17H15NO4S/c1-3-18-16(19)15(22-17(18)23)10-13-8-9-14(21-13)11-4-6-12(20-2)7-5-11/h4-10H,3H2,1-2H3. The molecular formula is C17H15NO4S. The van der Waals surface area contributed by atoms with Gasteiger partial charge in [-0.15, -0.1) is 0 Å². The maximum absolute atomic E-state index is 12.1. The summed E-state index contributed by atoms with van der Waals surface area (Å²) in [6, 6.07) is 11.1. The van der Waals surface area contributed by atoms with Gasteiger partial charge in [0.15, 0.2) is 5.76 Å². The fourth-order valence-electron chi connectivity index (χ4n) is 2.24. The van der Waals surface area contributed by atoms with Crippen LogP contribution in [0.3, 0.4) is 0 Å². The van der Waals surface area contributed by atoms with Crippen LogP contribution in [0.25, 0.3) is 17.4 Å². The Kier molecular flexibility index (Phi) is 4.16. The first kappa shape index (κ1) is 15.3. The van der Waals surface area contributed by atoms with Gasteiger partial charge in [-0.3, -0.25) is 9.69 Å². The second-order valence-corrected chi connectivity index (χ2v) is 5.21. The van der Waals surface area contributed by atoms with Gasteiger partial charge in [-0.05, 0) is 55.5 Å². The predicted octanol–water partition coefficient (Wildman–Crippen LogP) is 3.46. The topological polar surface area (TPSA) is 51.9 Å². The number of hydrogen-bond acceptors (Lipinski definition) is 5. The van der Waals surface area contributed by atoms with Gasteiger partial charge in [0.2, 0.25) is 0 Å². The van der Waals surface area contributed by atoms with Crippen LogP contribution >= 0.6 is 12.2 Å². The zero-order valence-corrected chi connectivity index (χ0v) is 13.6. The molecule has 1 amide bonds. The van der Waals surface area contributed by atoms with E-state index in [1.165, 1.54) is 4.90 Å². The molecule has 1 aliphatic rings. The smallest absolute Gasteiger partial charge is 0.297 e. The number of rotatable bonds is 4. The Labute approximate surface area is 139 Å². The minimum absolute atomic E-state index is 0.172. The highest BCUT2D eigenvalue weighted by molar-refractivity contribution is 7.80. The number of carbonyl (C=O) groups is 1. The monoisotopic (exact) mass is 329 g/mol. The largest absolute Gasteiger partial charge is 0.497 e. The number of ether oxygens (including phenoxy) is 2. The van der Waals surface area contributed by atoms with E-state index < -0.39 is 0 Å². The van der Waals surface area contributed by atoms with Gasteiger partial charge in [0.25, 0.3) is 11.1 Å². The zero-order valence-electron chi connectivity index (χ0n) is 12.7. The third kappa shape index (κ3) is 2.98. The van der Waals surface area contributed by atoms with Gasteiger partial charge < -0.3 is 13.9 Å². The minimum Gasteiger partial charge on any atom is -0.497 e. The molecule has 1 aromatic carbocycles. The van der Waals surface area contributed by atoms with Crippen LogP contribution < -0.4 is 4.74 Å². The van der Waals surface area contributed by atoms with Crippen LogP contribution in [0.1, 0.15) is 12.7 Å². The summed E-state index contributed by atoms with van der Waals surface area (Å²) >= 11 is 5.02. The molecule has 0 bridgehead atoms.